The van der Waals surface area contributed by atoms with E-state index in [2.05, 4.69) is 20.7 Å². The SMILES string of the molecule is CCc1c(N2CCN(C(=O)CNC(=O)c3ccc(Cl)cc3)CC2)c(=O)n2nc(C3=CCOCC3)nc2n1CC(=O)Nc1ccc(C(F)(F)F)cc1Cl. The molecular formula is C34H33Cl2F3N8O5. The molecule has 2 aliphatic rings. The highest BCUT2D eigenvalue weighted by molar-refractivity contribution is 6.33. The van der Waals surface area contributed by atoms with Crippen molar-refractivity contribution in [2.24, 2.45) is 0 Å². The Morgan fingerprint density at radius 2 is 1.75 bits per heavy atom. The second-order valence-corrected chi connectivity index (χ2v) is 12.9. The second-order valence-electron chi connectivity index (χ2n) is 12.0. The van der Waals surface area contributed by atoms with Crippen LogP contribution in [0.5, 0.6) is 0 Å². The van der Waals surface area contributed by atoms with Crippen LogP contribution in [0.25, 0.3) is 11.4 Å². The Balaban J connectivity index is 1.26. The van der Waals surface area contributed by atoms with Gasteiger partial charge in [-0.3, -0.25) is 19.2 Å². The molecule has 2 aromatic heterocycles. The third-order valence-corrected chi connectivity index (χ3v) is 9.30. The van der Waals surface area contributed by atoms with Gasteiger partial charge in [-0.25, -0.2) is 0 Å². The maximum Gasteiger partial charge on any atom is 0.416 e. The van der Waals surface area contributed by atoms with Crippen LogP contribution in [0.3, 0.4) is 0 Å². The van der Waals surface area contributed by atoms with E-state index in [1.54, 1.807) is 33.7 Å². The topological polar surface area (TPSA) is 143 Å². The molecule has 0 bridgehead atoms. The number of rotatable bonds is 9. The number of aromatic nitrogens is 4. The van der Waals surface area contributed by atoms with Gasteiger partial charge in [-0.05, 0) is 60.9 Å². The summed E-state index contributed by atoms with van der Waals surface area (Å²) in [6.45, 7) is 3.05. The molecule has 1 fully saturated rings. The van der Waals surface area contributed by atoms with Crippen molar-refractivity contribution in [3.63, 3.8) is 0 Å². The second kappa shape index (κ2) is 15.4. The van der Waals surface area contributed by atoms with Gasteiger partial charge in [0.2, 0.25) is 17.6 Å². The number of nitrogens with one attached hydrogen (secondary N) is 2. The number of benzene rings is 2. The molecule has 6 rings (SSSR count). The fourth-order valence-corrected chi connectivity index (χ4v) is 6.43. The van der Waals surface area contributed by atoms with Crippen LogP contribution in [0, 0.1) is 0 Å². The standard InChI is InChI=1S/C34H33Cl2F3N8O5/c1-2-26-29(45-13-11-44(12-14-45)28(49)18-40-31(50)21-3-6-23(35)7-4-21)32(51)47-33(42-30(43-47)20-9-15-52-16-10-20)46(26)19-27(48)41-25-8-5-22(17-24(25)36)34(37,38)39/h3-9,17H,2,10-16,18-19H2,1H3,(H,40,50)(H,41,48). The van der Waals surface area contributed by atoms with Crippen molar-refractivity contribution in [2.75, 3.05) is 56.2 Å². The number of ether oxygens (including phenoxy) is 1. The number of carbonyl (C=O) groups excluding carboxylic acids is 3. The maximum atomic E-state index is 14.2. The molecule has 2 aliphatic heterocycles. The van der Waals surface area contributed by atoms with E-state index in [-0.39, 0.29) is 67.4 Å². The highest BCUT2D eigenvalue weighted by atomic mass is 35.5. The van der Waals surface area contributed by atoms with Crippen molar-refractivity contribution in [3.8, 4) is 0 Å². The summed E-state index contributed by atoms with van der Waals surface area (Å²) in [5.41, 5.74) is 0.443. The van der Waals surface area contributed by atoms with Gasteiger partial charge >= 0.3 is 6.18 Å². The van der Waals surface area contributed by atoms with Crippen molar-refractivity contribution in [1.82, 2.24) is 29.4 Å². The summed E-state index contributed by atoms with van der Waals surface area (Å²) in [5, 5.41) is 9.91. The zero-order chi connectivity index (χ0) is 37.2. The zero-order valence-corrected chi connectivity index (χ0v) is 29.3. The van der Waals surface area contributed by atoms with E-state index in [1.165, 1.54) is 0 Å². The van der Waals surface area contributed by atoms with Gasteiger partial charge in [-0.15, -0.1) is 5.10 Å². The number of fused-ring (bicyclic) bond motifs is 1. The lowest BCUT2D eigenvalue weighted by atomic mass is 10.1. The van der Waals surface area contributed by atoms with Crippen LogP contribution in [0.15, 0.2) is 53.3 Å². The minimum Gasteiger partial charge on any atom is -0.377 e. The predicted molar refractivity (Wildman–Crippen MR) is 188 cm³/mol. The van der Waals surface area contributed by atoms with Crippen LogP contribution in [0.2, 0.25) is 10.0 Å². The molecule has 52 heavy (non-hydrogen) atoms. The van der Waals surface area contributed by atoms with E-state index in [1.807, 2.05) is 17.9 Å². The number of halogens is 5. The van der Waals surface area contributed by atoms with Crippen LogP contribution in [0.4, 0.5) is 24.5 Å². The fraction of sp³-hybridized carbons (Fsp3) is 0.353. The molecule has 2 aromatic carbocycles. The van der Waals surface area contributed by atoms with E-state index < -0.39 is 29.1 Å². The Kier molecular flexibility index (Phi) is 10.9. The summed E-state index contributed by atoms with van der Waals surface area (Å²) in [6, 6.07) is 8.90. The highest BCUT2D eigenvalue weighted by Crippen LogP contribution is 2.34. The van der Waals surface area contributed by atoms with Gasteiger partial charge in [0.25, 0.3) is 11.5 Å². The molecule has 0 aliphatic carbocycles. The van der Waals surface area contributed by atoms with Crippen molar-refractivity contribution < 1.29 is 32.3 Å². The van der Waals surface area contributed by atoms with Gasteiger partial charge < -0.3 is 29.7 Å². The first-order valence-corrected chi connectivity index (χ1v) is 17.1. The molecule has 2 N–H and O–H groups in total. The van der Waals surface area contributed by atoms with Crippen molar-refractivity contribution in [3.05, 3.63) is 91.6 Å². The van der Waals surface area contributed by atoms with Gasteiger partial charge in [-0.2, -0.15) is 22.7 Å². The van der Waals surface area contributed by atoms with Gasteiger partial charge in [0.1, 0.15) is 12.2 Å². The van der Waals surface area contributed by atoms with Crippen LogP contribution in [0.1, 0.15) is 40.8 Å². The van der Waals surface area contributed by atoms with E-state index >= 15 is 0 Å². The van der Waals surface area contributed by atoms with Gasteiger partial charge in [0, 0.05) is 36.8 Å². The largest absolute Gasteiger partial charge is 0.416 e. The quantitative estimate of drug-likeness (QED) is 0.257. The Bertz CT molecular complexity index is 2110. The number of amides is 3. The number of nitrogens with zero attached hydrogens (tertiary/aromatic N) is 6. The maximum absolute atomic E-state index is 14.2. The Morgan fingerprint density at radius 1 is 1.02 bits per heavy atom. The molecule has 3 amide bonds. The smallest absolute Gasteiger partial charge is 0.377 e. The highest BCUT2D eigenvalue weighted by Gasteiger charge is 2.32. The van der Waals surface area contributed by atoms with Gasteiger partial charge in [0.15, 0.2) is 5.82 Å². The summed E-state index contributed by atoms with van der Waals surface area (Å²) < 4.78 is 47.7. The summed E-state index contributed by atoms with van der Waals surface area (Å²) in [6.07, 6.45) is -1.98. The van der Waals surface area contributed by atoms with Crippen molar-refractivity contribution >= 4 is 63.6 Å². The average molecular weight is 762 g/mol. The fourth-order valence-electron chi connectivity index (χ4n) is 6.07. The number of alkyl halides is 3. The summed E-state index contributed by atoms with van der Waals surface area (Å²) in [4.78, 5) is 61.2. The van der Waals surface area contributed by atoms with Crippen LogP contribution >= 0.6 is 23.2 Å². The first-order valence-electron chi connectivity index (χ1n) is 16.4. The number of hydrogen-bond donors (Lipinski definition) is 2. The van der Waals surface area contributed by atoms with E-state index in [0.29, 0.717) is 48.2 Å². The molecule has 0 unspecified atom stereocenters. The Hall–Kier alpha value is -4.93. The number of carbonyl (C=O) groups is 3. The first-order chi connectivity index (χ1) is 24.8. The summed E-state index contributed by atoms with van der Waals surface area (Å²) >= 11 is 12.0. The molecule has 0 saturated carbocycles. The molecule has 0 radical (unpaired) electrons. The molecule has 274 valence electrons. The lowest BCUT2D eigenvalue weighted by Crippen LogP contribution is -2.52. The average Bonchev–Trinajstić information content (AvgIpc) is 3.59. The van der Waals surface area contributed by atoms with Gasteiger partial charge in [0.05, 0.1) is 41.7 Å². The van der Waals surface area contributed by atoms with Crippen LogP contribution < -0.4 is 21.1 Å². The molecule has 0 spiro atoms. The molecule has 1 saturated heterocycles. The van der Waals surface area contributed by atoms with Crippen molar-refractivity contribution in [2.45, 2.75) is 32.5 Å². The molecule has 4 aromatic rings. The number of anilines is 2. The van der Waals surface area contributed by atoms with Crippen LogP contribution in [-0.2, 0) is 33.5 Å². The summed E-state index contributed by atoms with van der Waals surface area (Å²) in [5.74, 6) is -0.936. The molecule has 4 heterocycles. The van der Waals surface area contributed by atoms with Crippen LogP contribution in [-0.4, -0.2) is 87.7 Å². The normalized spacial score (nSPS) is 15.1. The third kappa shape index (κ3) is 7.93. The lowest BCUT2D eigenvalue weighted by molar-refractivity contribution is -0.137. The third-order valence-electron chi connectivity index (χ3n) is 8.74. The summed E-state index contributed by atoms with van der Waals surface area (Å²) in [7, 11) is 0. The minimum atomic E-state index is -4.61. The zero-order valence-electron chi connectivity index (χ0n) is 27.8. The Morgan fingerprint density at radius 3 is 2.38 bits per heavy atom. The first kappa shape index (κ1) is 36.8. The number of piperazine rings is 1. The van der Waals surface area contributed by atoms with Crippen molar-refractivity contribution in [1.29, 1.82) is 0 Å². The minimum absolute atomic E-state index is 0.0188. The molecular weight excluding hydrogens is 728 g/mol. The molecule has 18 heteroatoms. The molecule has 0 atom stereocenters. The molecule has 13 nitrogen and oxygen atoms in total. The van der Waals surface area contributed by atoms with E-state index in [0.717, 1.165) is 28.3 Å². The Labute approximate surface area is 304 Å². The predicted octanol–water partition coefficient (Wildman–Crippen LogP) is 4.30. The lowest BCUT2D eigenvalue weighted by Gasteiger charge is -2.36. The number of hydrogen-bond acceptors (Lipinski definition) is 8. The van der Waals surface area contributed by atoms with E-state index in [4.69, 9.17) is 27.9 Å². The van der Waals surface area contributed by atoms with E-state index in [9.17, 15) is 32.3 Å². The van der Waals surface area contributed by atoms with Gasteiger partial charge in [-0.1, -0.05) is 36.2 Å². The monoisotopic (exact) mass is 760 g/mol.